The zero-order valence-electron chi connectivity index (χ0n) is 10.0. The van der Waals surface area contributed by atoms with Crippen molar-refractivity contribution in [1.29, 1.82) is 0 Å². The zero-order valence-corrected chi connectivity index (χ0v) is 12.4. The monoisotopic (exact) mass is 306 g/mol. The van der Waals surface area contributed by atoms with Gasteiger partial charge in [0.15, 0.2) is 0 Å². The van der Waals surface area contributed by atoms with Crippen LogP contribution in [0.5, 0.6) is 0 Å². The Balaban J connectivity index is 2.07. The molecule has 0 aromatic heterocycles. The number of hydrogen-bond donors (Lipinski definition) is 0. The highest BCUT2D eigenvalue weighted by Crippen LogP contribution is 2.27. The van der Waals surface area contributed by atoms with Gasteiger partial charge in [-0.1, -0.05) is 45.8 Å². The molecule has 0 nitrogen and oxygen atoms in total. The molecule has 0 fully saturated rings. The van der Waals surface area contributed by atoms with E-state index in [0.29, 0.717) is 0 Å². The standard InChI is InChI=1S/C15H15BrS/c1-11-3-4-12(2)15(9-11)17-10-13-5-7-14(16)8-6-13/h3-9H,10H2,1-2H3. The van der Waals surface area contributed by atoms with Crippen LogP contribution in [0.1, 0.15) is 16.7 Å². The summed E-state index contributed by atoms with van der Waals surface area (Å²) in [4.78, 5) is 1.38. The molecule has 2 heteroatoms. The van der Waals surface area contributed by atoms with Gasteiger partial charge in [0.05, 0.1) is 0 Å². The van der Waals surface area contributed by atoms with Crippen LogP contribution < -0.4 is 0 Å². The first-order chi connectivity index (χ1) is 8.15. The minimum absolute atomic E-state index is 1.03. The van der Waals surface area contributed by atoms with E-state index in [2.05, 4.69) is 72.2 Å². The molecule has 0 aliphatic carbocycles. The molecule has 0 spiro atoms. The van der Waals surface area contributed by atoms with E-state index in [9.17, 15) is 0 Å². The first kappa shape index (κ1) is 12.7. The van der Waals surface area contributed by atoms with Crippen molar-refractivity contribution in [2.75, 3.05) is 0 Å². The average Bonchev–Trinajstić information content (AvgIpc) is 2.32. The quantitative estimate of drug-likeness (QED) is 0.688. The number of halogens is 1. The highest BCUT2D eigenvalue weighted by Gasteiger charge is 2.00. The van der Waals surface area contributed by atoms with Crippen LogP contribution in [0.2, 0.25) is 0 Å². The van der Waals surface area contributed by atoms with Crippen molar-refractivity contribution < 1.29 is 0 Å². The first-order valence-corrected chi connectivity index (χ1v) is 7.37. The van der Waals surface area contributed by atoms with Gasteiger partial charge < -0.3 is 0 Å². The molecule has 17 heavy (non-hydrogen) atoms. The second-order valence-corrected chi connectivity index (χ2v) is 6.12. The van der Waals surface area contributed by atoms with Crippen LogP contribution in [0, 0.1) is 13.8 Å². The van der Waals surface area contributed by atoms with Crippen LogP contribution in [0.4, 0.5) is 0 Å². The smallest absolute Gasteiger partial charge is 0.0232 e. The largest absolute Gasteiger partial charge is 0.121 e. The van der Waals surface area contributed by atoms with E-state index in [4.69, 9.17) is 0 Å². The summed E-state index contributed by atoms with van der Waals surface area (Å²) in [6.07, 6.45) is 0. The molecule has 0 saturated heterocycles. The third-order valence-electron chi connectivity index (χ3n) is 2.65. The Labute approximate surface area is 116 Å². The van der Waals surface area contributed by atoms with Gasteiger partial charge in [0.2, 0.25) is 0 Å². The number of rotatable bonds is 3. The van der Waals surface area contributed by atoms with Crippen molar-refractivity contribution in [3.05, 3.63) is 63.6 Å². The van der Waals surface area contributed by atoms with Crippen LogP contribution in [0.25, 0.3) is 0 Å². The summed E-state index contributed by atoms with van der Waals surface area (Å²) in [6.45, 7) is 4.31. The lowest BCUT2D eigenvalue weighted by Gasteiger charge is -2.07. The fourth-order valence-electron chi connectivity index (χ4n) is 1.60. The fraction of sp³-hybridized carbons (Fsp3) is 0.200. The molecule has 0 unspecified atom stereocenters. The Bertz CT molecular complexity index is 503. The molecule has 0 bridgehead atoms. The molecule has 0 heterocycles. The topological polar surface area (TPSA) is 0 Å². The summed E-state index contributed by atoms with van der Waals surface area (Å²) in [6, 6.07) is 15.2. The van der Waals surface area contributed by atoms with Crippen molar-refractivity contribution in [3.63, 3.8) is 0 Å². The molecule has 0 aliphatic rings. The minimum atomic E-state index is 1.03. The van der Waals surface area contributed by atoms with Crippen molar-refractivity contribution in [1.82, 2.24) is 0 Å². The van der Waals surface area contributed by atoms with E-state index in [1.165, 1.54) is 21.6 Å². The van der Waals surface area contributed by atoms with Gasteiger partial charge in [-0.05, 0) is 43.2 Å². The summed E-state index contributed by atoms with van der Waals surface area (Å²) in [5.41, 5.74) is 4.05. The maximum atomic E-state index is 3.46. The lowest BCUT2D eigenvalue weighted by atomic mass is 10.2. The normalized spacial score (nSPS) is 10.5. The lowest BCUT2D eigenvalue weighted by Crippen LogP contribution is -1.84. The molecule has 2 rings (SSSR count). The van der Waals surface area contributed by atoms with Gasteiger partial charge in [-0.15, -0.1) is 11.8 Å². The molecular weight excluding hydrogens is 292 g/mol. The molecule has 0 saturated carbocycles. The van der Waals surface area contributed by atoms with Gasteiger partial charge >= 0.3 is 0 Å². The van der Waals surface area contributed by atoms with E-state index >= 15 is 0 Å². The molecular formula is C15H15BrS. The Kier molecular flexibility index (Phi) is 4.30. The van der Waals surface area contributed by atoms with Crippen LogP contribution in [0.3, 0.4) is 0 Å². The Morgan fingerprint density at radius 2 is 1.71 bits per heavy atom. The predicted molar refractivity (Wildman–Crippen MR) is 79.6 cm³/mol. The average molecular weight is 307 g/mol. The van der Waals surface area contributed by atoms with Crippen molar-refractivity contribution in [2.24, 2.45) is 0 Å². The SMILES string of the molecule is Cc1ccc(C)c(SCc2ccc(Br)cc2)c1. The van der Waals surface area contributed by atoms with Gasteiger partial charge in [0, 0.05) is 15.1 Å². The summed E-state index contributed by atoms with van der Waals surface area (Å²) in [5.74, 6) is 1.03. The van der Waals surface area contributed by atoms with Crippen LogP contribution in [-0.4, -0.2) is 0 Å². The van der Waals surface area contributed by atoms with E-state index in [-0.39, 0.29) is 0 Å². The van der Waals surface area contributed by atoms with Crippen LogP contribution in [0.15, 0.2) is 51.8 Å². The summed E-state index contributed by atoms with van der Waals surface area (Å²) in [5, 5.41) is 0. The second kappa shape index (κ2) is 5.74. The van der Waals surface area contributed by atoms with Crippen molar-refractivity contribution in [2.45, 2.75) is 24.5 Å². The van der Waals surface area contributed by atoms with Gasteiger partial charge in [0.1, 0.15) is 0 Å². The van der Waals surface area contributed by atoms with Gasteiger partial charge in [-0.25, -0.2) is 0 Å². The molecule has 0 amide bonds. The van der Waals surface area contributed by atoms with Gasteiger partial charge in [0.25, 0.3) is 0 Å². The molecule has 2 aromatic carbocycles. The first-order valence-electron chi connectivity index (χ1n) is 5.59. The Hall–Kier alpha value is -0.730. The maximum absolute atomic E-state index is 3.46. The van der Waals surface area contributed by atoms with E-state index in [0.717, 1.165) is 10.2 Å². The zero-order chi connectivity index (χ0) is 12.3. The Morgan fingerprint density at radius 3 is 2.41 bits per heavy atom. The number of hydrogen-bond acceptors (Lipinski definition) is 1. The minimum Gasteiger partial charge on any atom is -0.121 e. The summed E-state index contributed by atoms with van der Waals surface area (Å²) >= 11 is 5.36. The highest BCUT2D eigenvalue weighted by molar-refractivity contribution is 9.10. The van der Waals surface area contributed by atoms with Gasteiger partial charge in [-0.3, -0.25) is 0 Å². The Morgan fingerprint density at radius 1 is 1.00 bits per heavy atom. The lowest BCUT2D eigenvalue weighted by molar-refractivity contribution is 1.25. The molecule has 0 radical (unpaired) electrons. The summed E-state index contributed by atoms with van der Waals surface area (Å²) in [7, 11) is 0. The van der Waals surface area contributed by atoms with Crippen molar-refractivity contribution >= 4 is 27.7 Å². The molecule has 2 aromatic rings. The third-order valence-corrected chi connectivity index (χ3v) is 4.41. The number of thioether (sulfide) groups is 1. The summed E-state index contributed by atoms with van der Waals surface area (Å²) < 4.78 is 1.14. The van der Waals surface area contributed by atoms with Crippen LogP contribution >= 0.6 is 27.7 Å². The highest BCUT2D eigenvalue weighted by atomic mass is 79.9. The number of aryl methyl sites for hydroxylation is 2. The molecule has 0 N–H and O–H groups in total. The fourth-order valence-corrected chi connectivity index (χ4v) is 2.95. The van der Waals surface area contributed by atoms with E-state index in [1.54, 1.807) is 0 Å². The second-order valence-electron chi connectivity index (χ2n) is 4.18. The molecule has 0 atom stereocenters. The third kappa shape index (κ3) is 3.62. The van der Waals surface area contributed by atoms with E-state index < -0.39 is 0 Å². The van der Waals surface area contributed by atoms with E-state index in [1.807, 2.05) is 11.8 Å². The van der Waals surface area contributed by atoms with Gasteiger partial charge in [-0.2, -0.15) is 0 Å². The molecule has 0 aliphatic heterocycles. The molecule has 88 valence electrons. The van der Waals surface area contributed by atoms with Crippen LogP contribution in [-0.2, 0) is 5.75 Å². The number of benzene rings is 2. The predicted octanol–water partition coefficient (Wildman–Crippen LogP) is 5.36. The van der Waals surface area contributed by atoms with Crippen molar-refractivity contribution in [3.8, 4) is 0 Å². The maximum Gasteiger partial charge on any atom is 0.0232 e.